The van der Waals surface area contributed by atoms with Gasteiger partial charge in [0.1, 0.15) is 0 Å². The third kappa shape index (κ3) is 14.0. The molecule has 1 N–H and O–H groups in total. The van der Waals surface area contributed by atoms with Crippen molar-refractivity contribution in [3.63, 3.8) is 0 Å². The van der Waals surface area contributed by atoms with E-state index in [0.29, 0.717) is 0 Å². The van der Waals surface area contributed by atoms with E-state index in [0.717, 1.165) is 0 Å². The molecule has 0 heterocycles. The fourth-order valence-electron chi connectivity index (χ4n) is 2.57. The van der Waals surface area contributed by atoms with Crippen LogP contribution in [0.4, 0.5) is 0 Å². The van der Waals surface area contributed by atoms with Crippen molar-refractivity contribution in [3.8, 4) is 0 Å². The zero-order valence-corrected chi connectivity index (χ0v) is 14.9. The summed E-state index contributed by atoms with van der Waals surface area (Å²) in [4.78, 5) is 0. The van der Waals surface area contributed by atoms with Gasteiger partial charge in [-0.05, 0) is 25.7 Å². The van der Waals surface area contributed by atoms with Crippen LogP contribution in [-0.2, 0) is 26.2 Å². The molecule has 0 aromatic rings. The third-order valence-electron chi connectivity index (χ3n) is 2.79. The number of rotatable bonds is 8. The number of nitrogens with zero attached hydrogens (tertiary/aromatic N) is 1. The second-order valence-electron chi connectivity index (χ2n) is 4.63. The molecule has 0 bridgehead atoms. The fourth-order valence-corrected chi connectivity index (χ4v) is 2.57. The van der Waals surface area contributed by atoms with E-state index in [2.05, 4.69) is 27.7 Å². The van der Waals surface area contributed by atoms with Gasteiger partial charge in [0.05, 0.1) is 26.2 Å². The summed E-state index contributed by atoms with van der Waals surface area (Å²) >= 11 is -5.86. The minimum atomic E-state index is -5.86. The Kier molecular flexibility index (Phi) is 12.3. The number of hydrogen-bond acceptors (Lipinski definition) is 3. The average molecular weight is 438 g/mol. The molecule has 0 saturated carbocycles. The van der Waals surface area contributed by atoms with Crippen LogP contribution in [0.15, 0.2) is 0 Å². The van der Waals surface area contributed by atoms with Crippen molar-refractivity contribution in [2.75, 3.05) is 26.2 Å². The normalized spacial score (nSPS) is 11.8. The Morgan fingerprint density at radius 2 is 0.889 bits per heavy atom. The van der Waals surface area contributed by atoms with Crippen molar-refractivity contribution >= 4 is 0 Å². The van der Waals surface area contributed by atoms with Crippen LogP contribution in [0.25, 0.3) is 0 Å². The first-order valence-electron chi connectivity index (χ1n) is 6.73. The minimum absolute atomic E-state index is 1.33. The molecule has 0 unspecified atom stereocenters. The summed E-state index contributed by atoms with van der Waals surface area (Å²) in [6, 6.07) is 0. The standard InChI is InChI=1S/C12H28N.H2O.3O.Re/c1-5-9-13(10-6-2,11-7-3)12-8-4;;;;;/h5-12H2,1-4H3;1H2;;;;/q+1;;;;;+1/p-1. The van der Waals surface area contributed by atoms with Crippen LogP contribution >= 0.6 is 0 Å². The van der Waals surface area contributed by atoms with Crippen molar-refractivity contribution in [2.24, 2.45) is 0 Å². The van der Waals surface area contributed by atoms with Gasteiger partial charge in [-0.2, -0.15) is 0 Å². The molecule has 18 heavy (non-hydrogen) atoms. The average Bonchev–Trinajstić information content (AvgIpc) is 2.16. The Labute approximate surface area is 114 Å². The van der Waals surface area contributed by atoms with Crippen molar-refractivity contribution in [1.82, 2.24) is 0 Å². The van der Waals surface area contributed by atoms with Crippen molar-refractivity contribution < 1.29 is 34.5 Å². The summed E-state index contributed by atoms with van der Waals surface area (Å²) in [7, 11) is 0. The monoisotopic (exact) mass is 438 g/mol. The molecule has 0 aliphatic carbocycles. The van der Waals surface area contributed by atoms with Crippen LogP contribution in [-0.4, -0.2) is 34.5 Å². The van der Waals surface area contributed by atoms with Crippen molar-refractivity contribution in [2.45, 2.75) is 53.4 Å². The number of hydrogen-bond donors (Lipinski definition) is 1. The Morgan fingerprint density at radius 3 is 1.00 bits per heavy atom. The summed E-state index contributed by atoms with van der Waals surface area (Å²) in [6.07, 6.45) is 5.33. The molecule has 0 spiro atoms. The van der Waals surface area contributed by atoms with E-state index in [1.165, 1.54) is 56.3 Å². The van der Waals surface area contributed by atoms with Crippen LogP contribution in [0, 0.1) is 0 Å². The molecule has 0 aliphatic heterocycles. The van der Waals surface area contributed by atoms with Gasteiger partial charge < -0.3 is 4.48 Å². The van der Waals surface area contributed by atoms with Gasteiger partial charge in [0.25, 0.3) is 0 Å². The fraction of sp³-hybridized carbons (Fsp3) is 1.00. The summed E-state index contributed by atoms with van der Waals surface area (Å²) in [5.41, 5.74) is 0. The van der Waals surface area contributed by atoms with Gasteiger partial charge in [0.15, 0.2) is 0 Å². The summed E-state index contributed by atoms with van der Waals surface area (Å²) < 4.78 is 34.7. The van der Waals surface area contributed by atoms with E-state index in [9.17, 15) is 0 Å². The molecular formula is C12H29NO4Re+. The first kappa shape index (κ1) is 20.3. The molecule has 0 atom stereocenters. The Bertz CT molecular complexity index is 288. The van der Waals surface area contributed by atoms with Gasteiger partial charge in [-0.1, -0.05) is 27.7 Å². The van der Waals surface area contributed by atoms with E-state index in [-0.39, 0.29) is 0 Å². The molecule has 112 valence electrons. The van der Waals surface area contributed by atoms with E-state index >= 15 is 0 Å². The molecule has 5 nitrogen and oxygen atoms in total. The van der Waals surface area contributed by atoms with Gasteiger partial charge in [0, 0.05) is 0 Å². The quantitative estimate of drug-likeness (QED) is 0.593. The Hall–Kier alpha value is -0.0177. The summed E-state index contributed by atoms with van der Waals surface area (Å²) in [6.45, 7) is 14.8. The van der Waals surface area contributed by atoms with Crippen LogP contribution in [0.1, 0.15) is 53.4 Å². The van der Waals surface area contributed by atoms with E-state index in [1.54, 1.807) is 0 Å². The SMILES string of the molecule is CCC[N+](CCC)(CCC)CCC.[O]=[Re](=[O])(=[O])[OH]. The molecule has 0 rings (SSSR count). The van der Waals surface area contributed by atoms with E-state index in [4.69, 9.17) is 14.2 Å². The predicted molar refractivity (Wildman–Crippen MR) is 65.2 cm³/mol. The molecular weight excluding hydrogens is 408 g/mol. The third-order valence-corrected chi connectivity index (χ3v) is 2.79. The number of quaternary nitrogens is 1. The second kappa shape index (κ2) is 10.9. The second-order valence-corrected chi connectivity index (χ2v) is 7.48. The predicted octanol–water partition coefficient (Wildman–Crippen LogP) is 2.53. The summed E-state index contributed by atoms with van der Waals surface area (Å²) in [5.74, 6) is 0. The first-order chi connectivity index (χ1) is 8.24. The van der Waals surface area contributed by atoms with Gasteiger partial charge in [-0.15, -0.1) is 0 Å². The zero-order chi connectivity index (χ0) is 14.7. The molecule has 0 fully saturated rings. The molecule has 0 aromatic heterocycles. The molecule has 0 radical (unpaired) electrons. The molecule has 0 aromatic carbocycles. The maximum absolute atomic E-state index is 8.75. The Morgan fingerprint density at radius 1 is 0.722 bits per heavy atom. The van der Waals surface area contributed by atoms with Crippen LogP contribution in [0.2, 0.25) is 0 Å². The topological polar surface area (TPSA) is 71.4 Å². The molecule has 0 saturated heterocycles. The van der Waals surface area contributed by atoms with Gasteiger partial charge in [-0.3, -0.25) is 0 Å². The molecule has 6 heteroatoms. The maximum atomic E-state index is 8.75. The van der Waals surface area contributed by atoms with E-state index in [1.807, 2.05) is 0 Å². The molecule has 0 aliphatic rings. The van der Waals surface area contributed by atoms with Crippen LogP contribution < -0.4 is 0 Å². The molecule has 0 amide bonds. The van der Waals surface area contributed by atoms with Gasteiger partial charge in [0.2, 0.25) is 0 Å². The van der Waals surface area contributed by atoms with Gasteiger partial charge >= 0.3 is 30.0 Å². The van der Waals surface area contributed by atoms with Crippen molar-refractivity contribution in [1.29, 1.82) is 0 Å². The van der Waals surface area contributed by atoms with Crippen LogP contribution in [0.3, 0.4) is 0 Å². The summed E-state index contributed by atoms with van der Waals surface area (Å²) in [5, 5.41) is 0. The van der Waals surface area contributed by atoms with Crippen molar-refractivity contribution in [3.05, 3.63) is 0 Å². The van der Waals surface area contributed by atoms with Gasteiger partial charge in [-0.25, -0.2) is 0 Å². The van der Waals surface area contributed by atoms with E-state index < -0.39 is 15.8 Å². The van der Waals surface area contributed by atoms with Crippen LogP contribution in [0.5, 0.6) is 0 Å². The zero-order valence-electron chi connectivity index (χ0n) is 12.2. The Balaban J connectivity index is 0. The first-order valence-corrected chi connectivity index (χ1v) is 11.3.